The Bertz CT molecular complexity index is 1010. The first-order valence-corrected chi connectivity index (χ1v) is 13.1. The highest BCUT2D eigenvalue weighted by Crippen LogP contribution is 2.46. The number of carbonyl (C=O) groups is 1. The molecule has 1 saturated heterocycles. The van der Waals surface area contributed by atoms with Crippen LogP contribution in [0.1, 0.15) is 85.4 Å². The van der Waals surface area contributed by atoms with Gasteiger partial charge in [-0.2, -0.15) is 0 Å². The van der Waals surface area contributed by atoms with Gasteiger partial charge in [-0.05, 0) is 70.0 Å². The maximum absolute atomic E-state index is 12.6. The lowest BCUT2D eigenvalue weighted by Gasteiger charge is -2.42. The van der Waals surface area contributed by atoms with Gasteiger partial charge in [0.1, 0.15) is 5.60 Å². The number of hydrogen-bond acceptors (Lipinski definition) is 4. The van der Waals surface area contributed by atoms with Crippen molar-refractivity contribution in [2.24, 2.45) is 0 Å². The number of hydrogen-bond donors (Lipinski definition) is 1. The van der Waals surface area contributed by atoms with Crippen LogP contribution in [0.15, 0.2) is 18.2 Å². The summed E-state index contributed by atoms with van der Waals surface area (Å²) in [5.74, 6) is 0. The van der Waals surface area contributed by atoms with Crippen molar-refractivity contribution >= 4 is 29.6 Å². The topological polar surface area (TPSA) is 63.8 Å². The van der Waals surface area contributed by atoms with Crippen molar-refractivity contribution < 1.29 is 18.8 Å². The van der Waals surface area contributed by atoms with E-state index in [1.54, 1.807) is 0 Å². The molecule has 0 unspecified atom stereocenters. The highest BCUT2D eigenvalue weighted by atomic mass is 16.7. The zero-order chi connectivity index (χ0) is 24.7. The Balaban J connectivity index is 1.61. The average Bonchev–Trinajstić information content (AvgIpc) is 3.25. The number of fused-ring (bicyclic) bond motifs is 3. The van der Waals surface area contributed by atoms with E-state index in [2.05, 4.69) is 50.9 Å². The second kappa shape index (κ2) is 9.23. The number of rotatable bonds is 5. The van der Waals surface area contributed by atoms with Crippen LogP contribution < -0.4 is 5.46 Å². The molecule has 6 nitrogen and oxygen atoms in total. The molecule has 1 amide bonds. The standard InChI is InChI=1S/C27H41BN2O4/c1-8-26(9-2)27(10-3,11-4)34-28(33-26)19-12-13-22-21(18-19)20-14-16-30(17-15-23(20)29-22)24(31)32-25(5,6)7/h12-13,18,29H,8-11,14-17H2,1-7H3. The van der Waals surface area contributed by atoms with Gasteiger partial charge in [-0.1, -0.05) is 39.8 Å². The molecule has 1 N–H and O–H groups in total. The van der Waals surface area contributed by atoms with E-state index in [1.165, 1.54) is 16.6 Å². The zero-order valence-corrected chi connectivity index (χ0v) is 22.0. The second-order valence-corrected chi connectivity index (χ2v) is 10.8. The summed E-state index contributed by atoms with van der Waals surface area (Å²) in [5.41, 5.74) is 3.68. The monoisotopic (exact) mass is 468 g/mol. The highest BCUT2D eigenvalue weighted by molar-refractivity contribution is 6.62. The fraction of sp³-hybridized carbons (Fsp3) is 0.667. The molecule has 0 atom stereocenters. The fourth-order valence-electron chi connectivity index (χ4n) is 5.99. The Morgan fingerprint density at radius 1 is 1.03 bits per heavy atom. The summed E-state index contributed by atoms with van der Waals surface area (Å²) in [6, 6.07) is 6.51. The Kier molecular flexibility index (Phi) is 6.82. The second-order valence-electron chi connectivity index (χ2n) is 10.8. The van der Waals surface area contributed by atoms with E-state index in [-0.39, 0.29) is 24.4 Å². The van der Waals surface area contributed by atoms with Gasteiger partial charge in [0.15, 0.2) is 0 Å². The first kappa shape index (κ1) is 25.1. The van der Waals surface area contributed by atoms with Crippen molar-refractivity contribution in [3.05, 3.63) is 29.5 Å². The lowest BCUT2D eigenvalue weighted by Crippen LogP contribution is -2.50. The maximum Gasteiger partial charge on any atom is 0.494 e. The third-order valence-electron chi connectivity index (χ3n) is 7.99. The third-order valence-corrected chi connectivity index (χ3v) is 7.99. The fourth-order valence-corrected chi connectivity index (χ4v) is 5.99. The molecule has 1 fully saturated rings. The lowest BCUT2D eigenvalue weighted by atomic mass is 9.75. The number of aromatic nitrogens is 1. The predicted octanol–water partition coefficient (Wildman–Crippen LogP) is 5.36. The summed E-state index contributed by atoms with van der Waals surface area (Å²) in [5, 5.41) is 1.20. The number of H-pyrrole nitrogens is 1. The Morgan fingerprint density at radius 2 is 1.62 bits per heavy atom. The van der Waals surface area contributed by atoms with Crippen molar-refractivity contribution in [3.8, 4) is 0 Å². The molecule has 186 valence electrons. The molecule has 1 aromatic carbocycles. The van der Waals surface area contributed by atoms with Crippen molar-refractivity contribution in [2.45, 2.75) is 104 Å². The molecule has 0 radical (unpaired) electrons. The number of carbonyl (C=O) groups excluding carboxylic acids is 1. The molecule has 4 rings (SSSR count). The molecule has 3 heterocycles. The minimum absolute atomic E-state index is 0.235. The first-order chi connectivity index (χ1) is 16.1. The van der Waals surface area contributed by atoms with Gasteiger partial charge >= 0.3 is 13.2 Å². The van der Waals surface area contributed by atoms with Crippen LogP contribution >= 0.6 is 0 Å². The maximum atomic E-state index is 12.6. The van der Waals surface area contributed by atoms with Gasteiger partial charge in [-0.15, -0.1) is 0 Å². The largest absolute Gasteiger partial charge is 0.494 e. The Labute approximate surface area is 204 Å². The molecule has 0 bridgehead atoms. The van der Waals surface area contributed by atoms with Gasteiger partial charge < -0.3 is 23.9 Å². The third kappa shape index (κ3) is 4.26. The van der Waals surface area contributed by atoms with Crippen LogP contribution in [0.25, 0.3) is 10.9 Å². The van der Waals surface area contributed by atoms with E-state index in [0.717, 1.165) is 49.5 Å². The Hall–Kier alpha value is -1.99. The van der Waals surface area contributed by atoms with E-state index >= 15 is 0 Å². The minimum Gasteiger partial charge on any atom is -0.444 e. The van der Waals surface area contributed by atoms with Crippen LogP contribution in [-0.4, -0.2) is 53.0 Å². The van der Waals surface area contributed by atoms with Gasteiger partial charge in [0, 0.05) is 36.1 Å². The summed E-state index contributed by atoms with van der Waals surface area (Å²) < 4.78 is 19.0. The van der Waals surface area contributed by atoms with E-state index in [1.807, 2.05) is 25.7 Å². The molecule has 2 aliphatic heterocycles. The molecule has 2 aliphatic rings. The molecular weight excluding hydrogens is 427 g/mol. The summed E-state index contributed by atoms with van der Waals surface area (Å²) in [7, 11) is -0.362. The van der Waals surface area contributed by atoms with Crippen LogP contribution in [-0.2, 0) is 26.9 Å². The SMILES string of the molecule is CCC1(CC)OB(c2ccc3[nH]c4c(c3c2)CCN(C(=O)OC(C)(C)C)CC4)OC1(CC)CC. The molecule has 1 aromatic heterocycles. The van der Waals surface area contributed by atoms with E-state index in [0.29, 0.717) is 13.1 Å². The average molecular weight is 468 g/mol. The van der Waals surface area contributed by atoms with Gasteiger partial charge in [0.25, 0.3) is 0 Å². The van der Waals surface area contributed by atoms with Crippen molar-refractivity contribution in [3.63, 3.8) is 0 Å². The first-order valence-electron chi connectivity index (χ1n) is 13.1. The van der Waals surface area contributed by atoms with Crippen LogP contribution in [0.5, 0.6) is 0 Å². The van der Waals surface area contributed by atoms with Crippen LogP contribution in [0.2, 0.25) is 0 Å². The van der Waals surface area contributed by atoms with Crippen LogP contribution in [0.3, 0.4) is 0 Å². The number of benzene rings is 1. The number of ether oxygens (including phenoxy) is 1. The summed E-state index contributed by atoms with van der Waals surface area (Å²) in [6.45, 7) is 15.9. The quantitative estimate of drug-likeness (QED) is 0.600. The van der Waals surface area contributed by atoms with Gasteiger partial charge in [-0.25, -0.2) is 4.79 Å². The van der Waals surface area contributed by atoms with Gasteiger partial charge in [0.2, 0.25) is 0 Å². The minimum atomic E-state index is -0.487. The lowest BCUT2D eigenvalue weighted by molar-refractivity contribution is -0.0601. The zero-order valence-electron chi connectivity index (χ0n) is 22.0. The molecule has 2 aromatic rings. The van der Waals surface area contributed by atoms with E-state index in [4.69, 9.17) is 14.0 Å². The number of amides is 1. The smallest absolute Gasteiger partial charge is 0.444 e. The van der Waals surface area contributed by atoms with Crippen molar-refractivity contribution in [1.29, 1.82) is 0 Å². The van der Waals surface area contributed by atoms with E-state index in [9.17, 15) is 4.79 Å². The van der Waals surface area contributed by atoms with Crippen LogP contribution in [0.4, 0.5) is 4.79 Å². The van der Waals surface area contributed by atoms with Crippen molar-refractivity contribution in [2.75, 3.05) is 13.1 Å². The molecule has 0 aliphatic carbocycles. The van der Waals surface area contributed by atoms with E-state index < -0.39 is 5.60 Å². The number of aromatic amines is 1. The highest BCUT2D eigenvalue weighted by Gasteiger charge is 2.58. The van der Waals surface area contributed by atoms with Crippen LogP contribution in [0, 0.1) is 0 Å². The molecule has 34 heavy (non-hydrogen) atoms. The summed E-state index contributed by atoms with van der Waals surface area (Å²) in [6.07, 6.45) is 5.09. The molecule has 0 spiro atoms. The molecular formula is C27H41BN2O4. The van der Waals surface area contributed by atoms with Crippen molar-refractivity contribution in [1.82, 2.24) is 9.88 Å². The normalized spacial score (nSPS) is 19.9. The van der Waals surface area contributed by atoms with Gasteiger partial charge in [0.05, 0.1) is 11.2 Å². The van der Waals surface area contributed by atoms with Gasteiger partial charge in [-0.3, -0.25) is 0 Å². The molecule has 0 saturated carbocycles. The number of nitrogens with one attached hydrogen (secondary N) is 1. The Morgan fingerprint density at radius 3 is 2.18 bits per heavy atom. The summed E-state index contributed by atoms with van der Waals surface area (Å²) in [4.78, 5) is 18.1. The number of nitrogens with zero attached hydrogens (tertiary/aromatic N) is 1. The summed E-state index contributed by atoms with van der Waals surface area (Å²) >= 11 is 0. The predicted molar refractivity (Wildman–Crippen MR) is 138 cm³/mol. The molecule has 7 heteroatoms.